The van der Waals surface area contributed by atoms with E-state index in [9.17, 15) is 13.9 Å². The molecule has 0 amide bonds. The lowest BCUT2D eigenvalue weighted by atomic mass is 9.28. The Morgan fingerprint density at radius 2 is 1.84 bits per heavy atom. The van der Waals surface area contributed by atoms with E-state index in [1.54, 1.807) is 7.11 Å². The molecule has 3 aliphatic rings. The number of nitrogens with zero attached hydrogens (tertiary/aromatic N) is 3. The molecule has 0 aliphatic heterocycles. The van der Waals surface area contributed by atoms with Gasteiger partial charge in [0, 0.05) is 17.0 Å². The van der Waals surface area contributed by atoms with Gasteiger partial charge in [-0.1, -0.05) is 23.4 Å². The largest absolute Gasteiger partial charge is 0.497 e. The van der Waals surface area contributed by atoms with Gasteiger partial charge in [0.25, 0.3) is 6.33 Å². The second kappa shape index (κ2) is 6.78. The first kappa shape index (κ1) is 20.9. The Kier molecular flexibility index (Phi) is 4.43. The second-order valence-corrected chi connectivity index (χ2v) is 9.37. The number of aliphatic hydroxyl groups is 1. The van der Waals surface area contributed by atoms with E-state index in [2.05, 4.69) is 15.5 Å². The summed E-state index contributed by atoms with van der Waals surface area (Å²) < 4.78 is 51.6. The van der Waals surface area contributed by atoms with Crippen LogP contribution in [0.15, 0.2) is 48.8 Å². The number of methoxy groups -OCH3 is 1. The molecule has 3 fully saturated rings. The zero-order valence-electron chi connectivity index (χ0n) is 17.8. The third-order valence-corrected chi connectivity index (χ3v) is 7.70. The molecule has 0 spiro atoms. The molecule has 1 unspecified atom stereocenters. The van der Waals surface area contributed by atoms with E-state index in [4.69, 9.17) is 4.74 Å². The highest BCUT2D eigenvalue weighted by atomic mass is 19.1. The number of aromatic amines is 1. The van der Waals surface area contributed by atoms with E-state index in [1.807, 2.05) is 24.3 Å². The number of alkyl halides is 1. The molecular formula is C23H24F3N4O2+. The van der Waals surface area contributed by atoms with Gasteiger partial charge in [0.2, 0.25) is 0 Å². The van der Waals surface area contributed by atoms with Crippen molar-refractivity contribution in [2.45, 2.75) is 49.4 Å². The van der Waals surface area contributed by atoms with Crippen LogP contribution in [-0.4, -0.2) is 33.4 Å². The molecule has 9 heteroatoms. The monoisotopic (exact) mass is 445 g/mol. The summed E-state index contributed by atoms with van der Waals surface area (Å²) in [5.74, 6) is -1.05. The first-order chi connectivity index (χ1) is 15.1. The Balaban J connectivity index is 1.49. The Bertz CT molecular complexity index is 1130. The maximum atomic E-state index is 16.8. The van der Waals surface area contributed by atoms with Gasteiger partial charge < -0.3 is 9.84 Å². The summed E-state index contributed by atoms with van der Waals surface area (Å²) in [7, 11) is 1.60. The van der Waals surface area contributed by atoms with Crippen molar-refractivity contribution in [1.82, 2.24) is 15.5 Å². The van der Waals surface area contributed by atoms with Gasteiger partial charge in [-0.05, 0) is 55.4 Å². The van der Waals surface area contributed by atoms with Crippen LogP contribution in [0.3, 0.4) is 0 Å². The van der Waals surface area contributed by atoms with Crippen molar-refractivity contribution in [3.8, 4) is 5.75 Å². The Labute approximate surface area is 183 Å². The van der Waals surface area contributed by atoms with Crippen molar-refractivity contribution in [2.75, 3.05) is 7.11 Å². The minimum absolute atomic E-state index is 0.162. The predicted octanol–water partition coefficient (Wildman–Crippen LogP) is 3.12. The van der Waals surface area contributed by atoms with Crippen LogP contribution in [-0.2, 0) is 17.6 Å². The summed E-state index contributed by atoms with van der Waals surface area (Å²) in [4.78, 5) is 0. The van der Waals surface area contributed by atoms with Crippen molar-refractivity contribution < 1.29 is 27.7 Å². The molecule has 3 aliphatic carbocycles. The van der Waals surface area contributed by atoms with Gasteiger partial charge in [-0.15, -0.1) is 0 Å². The van der Waals surface area contributed by atoms with E-state index in [-0.39, 0.29) is 17.5 Å². The summed E-state index contributed by atoms with van der Waals surface area (Å²) in [6, 6.07) is 10.5. The van der Waals surface area contributed by atoms with Crippen LogP contribution in [0, 0.1) is 17.0 Å². The minimum atomic E-state index is -2.28. The van der Waals surface area contributed by atoms with Gasteiger partial charge in [-0.25, -0.2) is 13.2 Å². The Morgan fingerprint density at radius 1 is 1.16 bits per heavy atom. The molecule has 2 bridgehead atoms. The highest BCUT2D eigenvalue weighted by molar-refractivity contribution is 5.45. The van der Waals surface area contributed by atoms with Crippen LogP contribution in [0.1, 0.15) is 37.3 Å². The normalized spacial score (nSPS) is 27.6. The molecule has 168 valence electrons. The third-order valence-electron chi connectivity index (χ3n) is 7.70. The first-order valence-corrected chi connectivity index (χ1v) is 10.4. The number of tetrazole rings is 1. The molecule has 1 heterocycles. The van der Waals surface area contributed by atoms with Gasteiger partial charge in [-0.2, -0.15) is 4.68 Å². The lowest BCUT2D eigenvalue weighted by Crippen LogP contribution is -2.77. The molecule has 6 rings (SSSR count). The highest BCUT2D eigenvalue weighted by Crippen LogP contribution is 2.79. The number of halogens is 3. The van der Waals surface area contributed by atoms with Crippen LogP contribution in [0.2, 0.25) is 0 Å². The lowest BCUT2D eigenvalue weighted by molar-refractivity contribution is -0.770. The molecule has 0 saturated heterocycles. The topological polar surface area (TPSA) is 74.9 Å². The number of hydrogen-bond donors (Lipinski definition) is 2. The Hall–Kier alpha value is -2.94. The lowest BCUT2D eigenvalue weighted by Gasteiger charge is -2.76. The molecule has 2 N–H and O–H groups in total. The fraction of sp³-hybridized carbons (Fsp3) is 0.435. The van der Waals surface area contributed by atoms with Crippen molar-refractivity contribution in [3.63, 3.8) is 0 Å². The van der Waals surface area contributed by atoms with E-state index >= 15 is 4.39 Å². The Morgan fingerprint density at radius 3 is 2.41 bits per heavy atom. The summed E-state index contributed by atoms with van der Waals surface area (Å²) in [6.45, 7) is 0.962. The van der Waals surface area contributed by atoms with Crippen LogP contribution in [0.25, 0.3) is 0 Å². The van der Waals surface area contributed by atoms with E-state index in [0.29, 0.717) is 25.3 Å². The molecule has 2 aromatic carbocycles. The maximum absolute atomic E-state index is 16.8. The summed E-state index contributed by atoms with van der Waals surface area (Å²) >= 11 is 0. The molecule has 6 nitrogen and oxygen atoms in total. The molecule has 1 aromatic heterocycles. The predicted molar refractivity (Wildman–Crippen MR) is 107 cm³/mol. The van der Waals surface area contributed by atoms with E-state index < -0.39 is 28.3 Å². The van der Waals surface area contributed by atoms with Crippen LogP contribution in [0.5, 0.6) is 5.75 Å². The number of nitrogens with one attached hydrogen (secondary N) is 1. The zero-order valence-corrected chi connectivity index (χ0v) is 17.8. The SMILES string of the molecule is COc1ccc(C23CC(C(C)(F)[C@@](O)(C[n+]4cnn[nH]4)c4ccc(F)cc4F)(C2)C3)cc1. The van der Waals surface area contributed by atoms with Crippen LogP contribution in [0.4, 0.5) is 13.2 Å². The average molecular weight is 445 g/mol. The average Bonchev–Trinajstić information content (AvgIpc) is 3.18. The van der Waals surface area contributed by atoms with Gasteiger partial charge in [-0.3, -0.25) is 0 Å². The molecule has 3 saturated carbocycles. The number of ether oxygens (including phenoxy) is 1. The molecular weight excluding hydrogens is 421 g/mol. The standard InChI is InChI=1S/C23H23F3N4O2/c1-20(26,22-10-21(11-22,12-22)15-3-6-17(32-2)7-4-15)23(31,13-30-14-27-28-29-30)18-8-5-16(24)9-19(18)25/h3-9,14,31H,10-13H2,1-2H3/p+1/t20?,21?,22?,23-/m1/s1. The smallest absolute Gasteiger partial charge is 0.288 e. The quantitative estimate of drug-likeness (QED) is 0.548. The van der Waals surface area contributed by atoms with Gasteiger partial charge in [0.15, 0.2) is 10.8 Å². The number of rotatable bonds is 7. The van der Waals surface area contributed by atoms with Crippen LogP contribution >= 0.6 is 0 Å². The van der Waals surface area contributed by atoms with Gasteiger partial charge >= 0.3 is 0 Å². The molecule has 2 atom stereocenters. The molecule has 32 heavy (non-hydrogen) atoms. The molecule has 3 aromatic rings. The fourth-order valence-corrected chi connectivity index (χ4v) is 5.81. The maximum Gasteiger partial charge on any atom is 0.288 e. The summed E-state index contributed by atoms with van der Waals surface area (Å²) in [5.41, 5.74) is -4.70. The number of benzene rings is 2. The number of H-pyrrole nitrogens is 1. The second-order valence-electron chi connectivity index (χ2n) is 9.37. The molecule has 0 radical (unpaired) electrons. The first-order valence-electron chi connectivity index (χ1n) is 10.4. The van der Waals surface area contributed by atoms with Crippen molar-refractivity contribution >= 4 is 0 Å². The summed E-state index contributed by atoms with van der Waals surface area (Å²) in [5, 5.41) is 21.5. The zero-order chi connectivity index (χ0) is 22.8. The van der Waals surface area contributed by atoms with Crippen molar-refractivity contribution in [2.24, 2.45) is 5.41 Å². The van der Waals surface area contributed by atoms with E-state index in [0.717, 1.165) is 23.4 Å². The third kappa shape index (κ3) is 2.73. The van der Waals surface area contributed by atoms with Gasteiger partial charge in [0.1, 0.15) is 34.7 Å². The van der Waals surface area contributed by atoms with Gasteiger partial charge in [0.05, 0.1) is 7.11 Å². The van der Waals surface area contributed by atoms with Crippen molar-refractivity contribution in [3.05, 3.63) is 71.6 Å². The van der Waals surface area contributed by atoms with Crippen molar-refractivity contribution in [1.29, 1.82) is 0 Å². The minimum Gasteiger partial charge on any atom is -0.497 e. The summed E-state index contributed by atoms with van der Waals surface area (Å²) in [6.07, 6.45) is 2.85. The van der Waals surface area contributed by atoms with E-state index in [1.165, 1.54) is 17.9 Å². The number of hydrogen-bond acceptors (Lipinski definition) is 4. The fourth-order valence-electron chi connectivity index (χ4n) is 5.81. The number of aromatic nitrogens is 4. The highest BCUT2D eigenvalue weighted by Gasteiger charge is 2.79. The van der Waals surface area contributed by atoms with Crippen LogP contribution < -0.4 is 9.42 Å².